The van der Waals surface area contributed by atoms with Gasteiger partial charge in [-0.05, 0) is 43.2 Å². The molecule has 6 nitrogen and oxygen atoms in total. The monoisotopic (exact) mass is 382 g/mol. The van der Waals surface area contributed by atoms with Gasteiger partial charge in [0.2, 0.25) is 0 Å². The number of benzene rings is 1. The molecule has 2 aliphatic heterocycles. The number of aryl methyl sites for hydroxylation is 1. The van der Waals surface area contributed by atoms with Gasteiger partial charge in [-0.15, -0.1) is 0 Å². The van der Waals surface area contributed by atoms with Crippen LogP contribution in [0.2, 0.25) is 0 Å². The van der Waals surface area contributed by atoms with Gasteiger partial charge in [0.05, 0.1) is 6.54 Å². The number of imidazole rings is 1. The highest BCUT2D eigenvalue weighted by molar-refractivity contribution is 5.78. The number of nitrogens with one attached hydrogen (secondary N) is 1. The normalized spacial score (nSPS) is 24.5. The molecule has 3 heterocycles. The van der Waals surface area contributed by atoms with Crippen LogP contribution in [0.3, 0.4) is 0 Å². The van der Waals surface area contributed by atoms with Crippen LogP contribution in [-0.4, -0.2) is 58.5 Å². The van der Waals surface area contributed by atoms with E-state index in [1.807, 2.05) is 42.5 Å². The van der Waals surface area contributed by atoms with Crippen molar-refractivity contribution < 1.29 is 9.53 Å². The van der Waals surface area contributed by atoms with E-state index in [0.717, 1.165) is 56.9 Å². The Bertz CT molecular complexity index is 777. The first-order valence-corrected chi connectivity index (χ1v) is 10.4. The molecule has 1 aromatic carbocycles. The predicted molar refractivity (Wildman–Crippen MR) is 108 cm³/mol. The predicted octanol–water partition coefficient (Wildman–Crippen LogP) is 2.86. The number of hydrogen-bond acceptors (Lipinski definition) is 4. The van der Waals surface area contributed by atoms with Crippen molar-refractivity contribution in [2.24, 2.45) is 5.92 Å². The van der Waals surface area contributed by atoms with Crippen molar-refractivity contribution in [1.82, 2.24) is 19.8 Å². The van der Waals surface area contributed by atoms with E-state index in [9.17, 15) is 4.79 Å². The van der Waals surface area contributed by atoms with Gasteiger partial charge in [0.15, 0.2) is 6.61 Å². The number of aromatic amines is 1. The van der Waals surface area contributed by atoms with E-state index >= 15 is 0 Å². The number of piperidine rings is 1. The second kappa shape index (κ2) is 8.78. The number of likely N-dealkylation sites (N-methyl/N-ethyl adjacent to an activating group) is 1. The molecule has 0 radical (unpaired) electrons. The molecule has 1 amide bonds. The zero-order chi connectivity index (χ0) is 19.3. The van der Waals surface area contributed by atoms with E-state index in [0.29, 0.717) is 12.0 Å². The Labute approximate surface area is 166 Å². The van der Waals surface area contributed by atoms with Crippen LogP contribution in [0.15, 0.2) is 36.7 Å². The smallest absolute Gasteiger partial charge is 0.260 e. The molecule has 2 aromatic rings. The zero-order valence-corrected chi connectivity index (χ0v) is 16.6. The van der Waals surface area contributed by atoms with Crippen LogP contribution in [0, 0.1) is 5.92 Å². The lowest BCUT2D eigenvalue weighted by Crippen LogP contribution is -2.52. The molecular formula is C22H30N4O2. The Hall–Kier alpha value is -2.34. The summed E-state index contributed by atoms with van der Waals surface area (Å²) in [6, 6.07) is 8.40. The van der Waals surface area contributed by atoms with Crippen LogP contribution < -0.4 is 4.74 Å². The van der Waals surface area contributed by atoms with Gasteiger partial charge in [-0.25, -0.2) is 4.98 Å². The molecule has 0 aliphatic carbocycles. The summed E-state index contributed by atoms with van der Waals surface area (Å²) in [7, 11) is 1.95. The fourth-order valence-corrected chi connectivity index (χ4v) is 4.63. The van der Waals surface area contributed by atoms with E-state index in [-0.39, 0.29) is 12.5 Å². The largest absolute Gasteiger partial charge is 0.483 e. The van der Waals surface area contributed by atoms with E-state index in [1.165, 1.54) is 12.0 Å². The number of carbonyl (C=O) groups excluding carboxylic acids is 1. The Morgan fingerprint density at radius 3 is 3.00 bits per heavy atom. The molecule has 1 aromatic heterocycles. The molecule has 0 bridgehead atoms. The number of H-pyrrole nitrogens is 1. The number of fused-ring (bicyclic) bond motifs is 2. The number of likely N-dealkylation sites (tertiary alicyclic amines) is 1. The summed E-state index contributed by atoms with van der Waals surface area (Å²) in [5, 5.41) is 0. The number of hydrogen-bond donors (Lipinski definition) is 1. The van der Waals surface area contributed by atoms with E-state index < -0.39 is 0 Å². The van der Waals surface area contributed by atoms with Gasteiger partial charge >= 0.3 is 0 Å². The van der Waals surface area contributed by atoms with E-state index in [2.05, 4.69) is 20.9 Å². The Kier molecular flexibility index (Phi) is 5.95. The van der Waals surface area contributed by atoms with Gasteiger partial charge in [-0.1, -0.05) is 24.6 Å². The van der Waals surface area contributed by atoms with Crippen LogP contribution in [0.1, 0.15) is 37.1 Å². The van der Waals surface area contributed by atoms with Gasteiger partial charge in [0, 0.05) is 38.6 Å². The average Bonchev–Trinajstić information content (AvgIpc) is 3.22. The molecule has 0 spiro atoms. The summed E-state index contributed by atoms with van der Waals surface area (Å²) in [6.45, 7) is 2.97. The maximum Gasteiger partial charge on any atom is 0.260 e. The number of aromatic nitrogens is 2. The molecule has 150 valence electrons. The van der Waals surface area contributed by atoms with Crippen LogP contribution >= 0.6 is 0 Å². The first-order chi connectivity index (χ1) is 13.7. The lowest BCUT2D eigenvalue weighted by molar-refractivity contribution is -0.136. The summed E-state index contributed by atoms with van der Waals surface area (Å²) >= 11 is 0. The second-order valence-electron chi connectivity index (χ2n) is 8.03. The van der Waals surface area contributed by atoms with Gasteiger partial charge in [0.25, 0.3) is 5.91 Å². The summed E-state index contributed by atoms with van der Waals surface area (Å²) in [6.07, 6.45) is 9.17. The third-order valence-corrected chi connectivity index (χ3v) is 6.19. The molecule has 6 heteroatoms. The third-order valence-electron chi connectivity index (χ3n) is 6.19. The number of carbonyl (C=O) groups is 1. The molecule has 4 rings (SSSR count). The van der Waals surface area contributed by atoms with Crippen LogP contribution in [-0.2, 0) is 17.8 Å². The second-order valence-corrected chi connectivity index (χ2v) is 8.03. The van der Waals surface area contributed by atoms with Crippen molar-refractivity contribution in [3.8, 4) is 5.75 Å². The highest BCUT2D eigenvalue weighted by Gasteiger charge is 2.34. The Morgan fingerprint density at radius 1 is 1.25 bits per heavy atom. The summed E-state index contributed by atoms with van der Waals surface area (Å²) < 4.78 is 5.90. The minimum absolute atomic E-state index is 0.0739. The van der Waals surface area contributed by atoms with Crippen molar-refractivity contribution in [2.45, 2.75) is 44.7 Å². The Morgan fingerprint density at radius 2 is 2.14 bits per heavy atom. The van der Waals surface area contributed by atoms with E-state index in [4.69, 9.17) is 4.74 Å². The molecule has 1 N–H and O–H groups in total. The van der Waals surface area contributed by atoms with Gasteiger partial charge < -0.3 is 14.6 Å². The van der Waals surface area contributed by atoms with Gasteiger partial charge in [-0.2, -0.15) is 0 Å². The average molecular weight is 383 g/mol. The highest BCUT2D eigenvalue weighted by atomic mass is 16.5. The SMILES string of the molecule is CN1C(=O)COc2ccccc2CCCC[C@H]2CN(Cc3ncc[nH]3)CC[C@H]21. The molecule has 28 heavy (non-hydrogen) atoms. The van der Waals surface area contributed by atoms with Crippen LogP contribution in [0.25, 0.3) is 0 Å². The first-order valence-electron chi connectivity index (χ1n) is 10.4. The maximum atomic E-state index is 12.8. The van der Waals surface area contributed by atoms with Crippen molar-refractivity contribution in [3.63, 3.8) is 0 Å². The summed E-state index contributed by atoms with van der Waals surface area (Å²) in [4.78, 5) is 24.8. The minimum atomic E-state index is 0.0739. The topological polar surface area (TPSA) is 61.5 Å². The third kappa shape index (κ3) is 4.38. The molecular weight excluding hydrogens is 352 g/mol. The van der Waals surface area contributed by atoms with Crippen molar-refractivity contribution in [1.29, 1.82) is 0 Å². The fourth-order valence-electron chi connectivity index (χ4n) is 4.63. The highest BCUT2D eigenvalue weighted by Crippen LogP contribution is 2.29. The number of amides is 1. The lowest BCUT2D eigenvalue weighted by Gasteiger charge is -2.42. The lowest BCUT2D eigenvalue weighted by atomic mass is 9.86. The molecule has 0 saturated carbocycles. The van der Waals surface area contributed by atoms with Crippen molar-refractivity contribution in [2.75, 3.05) is 26.7 Å². The van der Waals surface area contributed by atoms with Crippen molar-refractivity contribution >= 4 is 5.91 Å². The van der Waals surface area contributed by atoms with Crippen LogP contribution in [0.5, 0.6) is 5.75 Å². The molecule has 0 unspecified atom stereocenters. The van der Waals surface area contributed by atoms with Gasteiger partial charge in [-0.3, -0.25) is 9.69 Å². The number of nitrogens with zero attached hydrogens (tertiary/aromatic N) is 3. The number of para-hydroxylation sites is 1. The standard InChI is InChI=1S/C22H30N4O2/c1-25-19-10-13-26(15-21-23-11-12-24-21)14-18(19)8-3-2-6-17-7-4-5-9-20(17)28-16-22(25)27/h4-5,7,9,11-12,18-19H,2-3,6,8,10,13-16H2,1H3,(H,23,24)/t18-,19+/m0/s1. The summed E-state index contributed by atoms with van der Waals surface area (Å²) in [5.41, 5.74) is 1.21. The summed E-state index contributed by atoms with van der Waals surface area (Å²) in [5.74, 6) is 2.44. The van der Waals surface area contributed by atoms with E-state index in [1.54, 1.807) is 0 Å². The van der Waals surface area contributed by atoms with Crippen LogP contribution in [0.4, 0.5) is 0 Å². The molecule has 2 atom stereocenters. The molecule has 2 aliphatic rings. The molecule has 1 fully saturated rings. The van der Waals surface area contributed by atoms with Gasteiger partial charge in [0.1, 0.15) is 11.6 Å². The molecule has 1 saturated heterocycles. The Balaban J connectivity index is 1.46. The zero-order valence-electron chi connectivity index (χ0n) is 16.6. The maximum absolute atomic E-state index is 12.8. The fraction of sp³-hybridized carbons (Fsp3) is 0.545. The minimum Gasteiger partial charge on any atom is -0.483 e. The quantitative estimate of drug-likeness (QED) is 0.868. The first kappa shape index (κ1) is 19.0. The number of rotatable bonds is 2. The van der Waals surface area contributed by atoms with Crippen molar-refractivity contribution in [3.05, 3.63) is 48.0 Å². The number of ether oxygens (including phenoxy) is 1.